The van der Waals surface area contributed by atoms with Crippen molar-refractivity contribution in [2.75, 3.05) is 0 Å². The lowest BCUT2D eigenvalue weighted by molar-refractivity contribution is -0.131. The molecule has 178 valence electrons. The first-order valence-electron chi connectivity index (χ1n) is 10.8. The molecule has 0 saturated heterocycles. The van der Waals surface area contributed by atoms with Gasteiger partial charge < -0.3 is 9.30 Å². The molecule has 0 unspecified atom stereocenters. The van der Waals surface area contributed by atoms with Crippen LogP contribution in [0.4, 0.5) is 0 Å². The number of aromatic nitrogens is 6. The number of benzene rings is 1. The number of imidazole rings is 2. The van der Waals surface area contributed by atoms with Gasteiger partial charge in [-0.2, -0.15) is 0 Å². The summed E-state index contributed by atoms with van der Waals surface area (Å²) in [6.45, 7) is 3.19. The topological polar surface area (TPSA) is 133 Å². The largest absolute Gasteiger partial charge is 0.427 e. The summed E-state index contributed by atoms with van der Waals surface area (Å²) in [4.78, 5) is 61.8. The van der Waals surface area contributed by atoms with Gasteiger partial charge in [-0.15, -0.1) is 11.3 Å². The number of nitrogens with zero attached hydrogens (tertiary/aromatic N) is 5. The molecule has 1 N–H and O–H groups in total. The molecule has 0 spiro atoms. The van der Waals surface area contributed by atoms with E-state index in [4.69, 9.17) is 4.74 Å². The number of fused-ring (bicyclic) bond motifs is 2. The fourth-order valence-corrected chi connectivity index (χ4v) is 4.67. The maximum Gasteiger partial charge on any atom is 0.330 e. The van der Waals surface area contributed by atoms with E-state index in [0.717, 1.165) is 4.96 Å². The van der Waals surface area contributed by atoms with Crippen molar-refractivity contribution >= 4 is 39.2 Å². The fourth-order valence-electron chi connectivity index (χ4n) is 3.95. The Kier molecular flexibility index (Phi) is 5.65. The molecule has 35 heavy (non-hydrogen) atoms. The van der Waals surface area contributed by atoms with Gasteiger partial charge in [-0.05, 0) is 31.2 Å². The Hall–Kier alpha value is -4.32. The molecule has 0 amide bonds. The molecule has 12 heteroatoms. The van der Waals surface area contributed by atoms with Gasteiger partial charge in [0.1, 0.15) is 11.6 Å². The van der Waals surface area contributed by atoms with Gasteiger partial charge in [-0.1, -0.05) is 0 Å². The molecule has 0 bridgehead atoms. The van der Waals surface area contributed by atoms with Crippen molar-refractivity contribution in [3.8, 4) is 5.75 Å². The van der Waals surface area contributed by atoms with Gasteiger partial charge in [0.25, 0.3) is 5.56 Å². The zero-order chi connectivity index (χ0) is 24.7. The molecule has 4 aromatic heterocycles. The number of rotatable bonds is 7. The average Bonchev–Trinajstić information content (AvgIpc) is 3.48. The first-order chi connectivity index (χ1) is 16.8. The molecule has 11 nitrogen and oxygen atoms in total. The van der Waals surface area contributed by atoms with Crippen LogP contribution in [0.3, 0.4) is 0 Å². The zero-order valence-electron chi connectivity index (χ0n) is 18.8. The lowest BCUT2D eigenvalue weighted by Gasteiger charge is -2.09. The summed E-state index contributed by atoms with van der Waals surface area (Å²) < 4.78 is 9.80. The van der Waals surface area contributed by atoms with Crippen LogP contribution in [0.15, 0.2) is 51.6 Å². The predicted molar refractivity (Wildman–Crippen MR) is 128 cm³/mol. The Balaban J connectivity index is 1.57. The highest BCUT2D eigenvalue weighted by molar-refractivity contribution is 7.15. The minimum atomic E-state index is -0.614. The minimum Gasteiger partial charge on any atom is -0.427 e. The fraction of sp³-hybridized carbons (Fsp3) is 0.217. The molecule has 0 atom stereocenters. The van der Waals surface area contributed by atoms with Gasteiger partial charge in [0.2, 0.25) is 0 Å². The third-order valence-electron chi connectivity index (χ3n) is 5.50. The van der Waals surface area contributed by atoms with Crippen molar-refractivity contribution in [2.24, 2.45) is 0 Å². The molecule has 5 rings (SSSR count). The number of ketones is 1. The molecule has 0 aliphatic carbocycles. The second kappa shape index (κ2) is 8.80. The SMILES string of the molecule is CCn1c(=O)[nH]c(=O)c2c1nc(Cc1cn3ccsc3n1)n2CC(=O)c1ccc(OC(C)=O)cc1. The van der Waals surface area contributed by atoms with E-state index in [1.807, 2.05) is 22.2 Å². The molecular weight excluding hydrogens is 472 g/mol. The second-order valence-electron chi connectivity index (χ2n) is 7.83. The van der Waals surface area contributed by atoms with Crippen molar-refractivity contribution in [3.05, 3.63) is 80.0 Å². The number of aromatic amines is 1. The number of aryl methyl sites for hydroxylation is 1. The molecule has 0 aliphatic rings. The molecule has 5 aromatic rings. The van der Waals surface area contributed by atoms with Gasteiger partial charge in [0, 0.05) is 43.2 Å². The third kappa shape index (κ3) is 4.19. The monoisotopic (exact) mass is 492 g/mol. The van der Waals surface area contributed by atoms with Crippen LogP contribution in [0.5, 0.6) is 5.75 Å². The van der Waals surface area contributed by atoms with Crippen molar-refractivity contribution < 1.29 is 14.3 Å². The van der Waals surface area contributed by atoms with E-state index in [9.17, 15) is 19.2 Å². The van der Waals surface area contributed by atoms with Crippen LogP contribution in [-0.4, -0.2) is 40.2 Å². The number of carbonyl (C=O) groups excluding carboxylic acids is 2. The van der Waals surface area contributed by atoms with Crippen LogP contribution in [0.25, 0.3) is 16.1 Å². The highest BCUT2D eigenvalue weighted by atomic mass is 32.1. The van der Waals surface area contributed by atoms with Crippen molar-refractivity contribution in [1.82, 2.24) is 28.5 Å². The van der Waals surface area contributed by atoms with Crippen LogP contribution in [0, 0.1) is 0 Å². The highest BCUT2D eigenvalue weighted by Gasteiger charge is 2.21. The molecule has 0 fully saturated rings. The Bertz CT molecular complexity index is 1670. The Labute approximate surface area is 201 Å². The van der Waals surface area contributed by atoms with Gasteiger partial charge in [-0.3, -0.25) is 28.3 Å². The van der Waals surface area contributed by atoms with E-state index in [1.165, 1.54) is 39.5 Å². The van der Waals surface area contributed by atoms with Gasteiger partial charge >= 0.3 is 11.7 Å². The average molecular weight is 493 g/mol. The van der Waals surface area contributed by atoms with Crippen LogP contribution in [0.1, 0.15) is 35.7 Å². The molecular formula is C23H20N6O5S. The van der Waals surface area contributed by atoms with Crippen molar-refractivity contribution in [2.45, 2.75) is 33.4 Å². The van der Waals surface area contributed by atoms with Gasteiger partial charge in [0.05, 0.1) is 12.2 Å². The van der Waals surface area contributed by atoms with Crippen molar-refractivity contribution in [3.63, 3.8) is 0 Å². The number of esters is 1. The molecule has 4 heterocycles. The molecule has 1 aromatic carbocycles. The van der Waals surface area contributed by atoms with Gasteiger partial charge in [0.15, 0.2) is 21.9 Å². The standard InChI is InChI=1S/C23H20N6O5S/c1-3-28-20-19(21(32)26-22(28)33)29(12-17(31)14-4-6-16(7-5-14)34-13(2)30)18(25-20)10-15-11-27-8-9-35-23(27)24-15/h4-9,11H,3,10,12H2,1-2H3,(H,26,32,33). The normalized spacial score (nSPS) is 11.4. The summed E-state index contributed by atoms with van der Waals surface area (Å²) in [7, 11) is 0. The summed E-state index contributed by atoms with van der Waals surface area (Å²) in [5.41, 5.74) is 0.279. The summed E-state index contributed by atoms with van der Waals surface area (Å²) in [5.74, 6) is 0.0262. The van der Waals surface area contributed by atoms with E-state index >= 15 is 0 Å². The third-order valence-corrected chi connectivity index (χ3v) is 6.27. The minimum absolute atomic E-state index is 0.146. The Morgan fingerprint density at radius 1 is 1.11 bits per heavy atom. The van der Waals surface area contributed by atoms with E-state index in [1.54, 1.807) is 19.1 Å². The van der Waals surface area contributed by atoms with Crippen molar-refractivity contribution in [1.29, 1.82) is 0 Å². The number of ether oxygens (including phenoxy) is 1. The van der Waals surface area contributed by atoms with Crippen LogP contribution < -0.4 is 16.0 Å². The van der Waals surface area contributed by atoms with Crippen LogP contribution >= 0.6 is 11.3 Å². The number of Topliss-reactive ketones (excluding diaryl/α,β-unsaturated/α-hetero) is 1. The first kappa shape index (κ1) is 22.5. The summed E-state index contributed by atoms with van der Waals surface area (Å²) in [6, 6.07) is 6.16. The zero-order valence-corrected chi connectivity index (χ0v) is 19.7. The number of H-pyrrole nitrogens is 1. The molecule has 0 aliphatic heterocycles. The molecule has 0 radical (unpaired) electrons. The molecule has 0 saturated carbocycles. The maximum absolute atomic E-state index is 13.2. The van der Waals surface area contributed by atoms with E-state index in [0.29, 0.717) is 29.4 Å². The maximum atomic E-state index is 13.2. The first-order valence-corrected chi connectivity index (χ1v) is 11.7. The Morgan fingerprint density at radius 3 is 2.57 bits per heavy atom. The highest BCUT2D eigenvalue weighted by Crippen LogP contribution is 2.19. The van der Waals surface area contributed by atoms with Gasteiger partial charge in [-0.25, -0.2) is 14.8 Å². The van der Waals surface area contributed by atoms with E-state index in [2.05, 4.69) is 15.0 Å². The summed E-state index contributed by atoms with van der Waals surface area (Å²) in [5, 5.41) is 1.92. The quantitative estimate of drug-likeness (QED) is 0.209. The van der Waals surface area contributed by atoms with Crippen LogP contribution in [-0.2, 0) is 24.3 Å². The summed E-state index contributed by atoms with van der Waals surface area (Å²) in [6.07, 6.45) is 4.02. The second-order valence-corrected chi connectivity index (χ2v) is 8.71. The smallest absolute Gasteiger partial charge is 0.330 e. The number of nitrogens with one attached hydrogen (secondary N) is 1. The number of thiazole rings is 1. The lowest BCUT2D eigenvalue weighted by atomic mass is 10.1. The number of hydrogen-bond acceptors (Lipinski definition) is 8. The summed E-state index contributed by atoms with van der Waals surface area (Å²) >= 11 is 1.49. The van der Waals surface area contributed by atoms with E-state index in [-0.39, 0.29) is 29.9 Å². The number of hydrogen-bond donors (Lipinski definition) is 1. The lowest BCUT2D eigenvalue weighted by Crippen LogP contribution is -2.31. The number of carbonyl (C=O) groups is 2. The van der Waals surface area contributed by atoms with E-state index < -0.39 is 17.2 Å². The predicted octanol–water partition coefficient (Wildman–Crippen LogP) is 2.01. The van der Waals surface area contributed by atoms with Crippen LogP contribution in [0.2, 0.25) is 0 Å². The Morgan fingerprint density at radius 2 is 1.89 bits per heavy atom.